The Bertz CT molecular complexity index is 786. The summed E-state index contributed by atoms with van der Waals surface area (Å²) in [5, 5.41) is 0. The Morgan fingerprint density at radius 2 is 2.04 bits per heavy atom. The second kappa shape index (κ2) is 6.90. The summed E-state index contributed by atoms with van der Waals surface area (Å²) in [6.45, 7) is 2.12. The molecule has 1 aliphatic rings. The molecule has 0 atom stereocenters. The number of nitrogens with zero attached hydrogens (tertiary/aromatic N) is 1. The highest BCUT2D eigenvalue weighted by atomic mass is 32.2. The third kappa shape index (κ3) is 4.46. The third-order valence-corrected chi connectivity index (χ3v) is 4.76. The summed E-state index contributed by atoms with van der Waals surface area (Å²) in [6.07, 6.45) is 2.64. The maximum atomic E-state index is 12.0. The van der Waals surface area contributed by atoms with Crippen LogP contribution in [0.25, 0.3) is 6.08 Å². The van der Waals surface area contributed by atoms with E-state index in [0.717, 1.165) is 6.26 Å². The number of likely N-dealkylation sites (N-methyl/N-ethyl adjacent to an activating group) is 1. The molecule has 1 aliphatic heterocycles. The van der Waals surface area contributed by atoms with Crippen molar-refractivity contribution in [2.24, 2.45) is 0 Å². The lowest BCUT2D eigenvalue weighted by atomic mass is 10.2. The minimum atomic E-state index is -3.65. The van der Waals surface area contributed by atoms with Gasteiger partial charge in [-0.05, 0) is 30.7 Å². The van der Waals surface area contributed by atoms with Crippen LogP contribution in [-0.4, -0.2) is 43.5 Å². The molecular weight excluding hydrogens is 358 g/mol. The molecule has 0 bridgehead atoms. The predicted octanol–water partition coefficient (Wildman–Crippen LogP) is 2.25. The van der Waals surface area contributed by atoms with Crippen molar-refractivity contribution in [2.75, 3.05) is 19.9 Å². The molecule has 0 unspecified atom stereocenters. The summed E-state index contributed by atoms with van der Waals surface area (Å²) in [5.74, 6) is 0.225. The van der Waals surface area contributed by atoms with Crippen molar-refractivity contribution in [3.8, 4) is 11.5 Å². The van der Waals surface area contributed by atoms with E-state index in [0.29, 0.717) is 27.1 Å². The fourth-order valence-electron chi connectivity index (χ4n) is 1.81. The van der Waals surface area contributed by atoms with E-state index >= 15 is 0 Å². The van der Waals surface area contributed by atoms with Crippen molar-refractivity contribution in [1.82, 2.24) is 4.90 Å². The number of carbonyl (C=O) groups is 1. The second-order valence-electron chi connectivity index (χ2n) is 4.67. The van der Waals surface area contributed by atoms with E-state index in [1.54, 1.807) is 32.2 Å². The molecule has 6 nitrogen and oxygen atoms in total. The number of carbonyl (C=O) groups excluding carboxylic acids is 1. The normalized spacial score (nSPS) is 17.0. The molecule has 0 saturated carbocycles. The first kappa shape index (κ1) is 17.8. The Labute approximate surface area is 144 Å². The van der Waals surface area contributed by atoms with E-state index in [1.165, 1.54) is 22.7 Å². The first-order valence-corrected chi connectivity index (χ1v) is 9.63. The Morgan fingerprint density at radius 3 is 2.57 bits per heavy atom. The molecule has 0 aliphatic carbocycles. The molecule has 0 spiro atoms. The Morgan fingerprint density at radius 1 is 1.35 bits per heavy atom. The SMILES string of the molecule is CCOc1cc(/C=C2\SC(=S)N(C)C2=O)ccc1OS(C)(=O)=O. The summed E-state index contributed by atoms with van der Waals surface area (Å²) >= 11 is 6.29. The van der Waals surface area contributed by atoms with Gasteiger partial charge < -0.3 is 8.92 Å². The first-order valence-electron chi connectivity index (χ1n) is 6.59. The van der Waals surface area contributed by atoms with Gasteiger partial charge in [-0.2, -0.15) is 8.42 Å². The number of benzene rings is 1. The van der Waals surface area contributed by atoms with E-state index in [1.807, 2.05) is 0 Å². The first-order chi connectivity index (χ1) is 10.7. The largest absolute Gasteiger partial charge is 0.490 e. The zero-order valence-electron chi connectivity index (χ0n) is 12.7. The monoisotopic (exact) mass is 373 g/mol. The van der Waals surface area contributed by atoms with Crippen molar-refractivity contribution >= 4 is 50.4 Å². The molecule has 1 fully saturated rings. The van der Waals surface area contributed by atoms with Crippen LogP contribution in [0.5, 0.6) is 11.5 Å². The highest BCUT2D eigenvalue weighted by Crippen LogP contribution is 2.34. The lowest BCUT2D eigenvalue weighted by molar-refractivity contribution is -0.121. The van der Waals surface area contributed by atoms with Crippen LogP contribution in [0, 0.1) is 0 Å². The fourth-order valence-corrected chi connectivity index (χ4v) is 3.45. The topological polar surface area (TPSA) is 72.9 Å². The van der Waals surface area contributed by atoms with Crippen LogP contribution in [0.15, 0.2) is 23.1 Å². The quantitative estimate of drug-likeness (QED) is 0.445. The zero-order valence-corrected chi connectivity index (χ0v) is 15.2. The molecule has 1 aromatic carbocycles. The number of thioether (sulfide) groups is 1. The summed E-state index contributed by atoms with van der Waals surface area (Å²) in [7, 11) is -2.04. The van der Waals surface area contributed by atoms with E-state index in [4.69, 9.17) is 21.1 Å². The zero-order chi connectivity index (χ0) is 17.2. The van der Waals surface area contributed by atoms with Crippen molar-refractivity contribution in [1.29, 1.82) is 0 Å². The van der Waals surface area contributed by atoms with Gasteiger partial charge >= 0.3 is 10.1 Å². The van der Waals surface area contributed by atoms with Crippen LogP contribution < -0.4 is 8.92 Å². The molecule has 0 radical (unpaired) electrons. The number of amides is 1. The van der Waals surface area contributed by atoms with Crippen molar-refractivity contribution < 1.29 is 22.1 Å². The smallest absolute Gasteiger partial charge is 0.306 e. The minimum absolute atomic E-state index is 0.106. The number of ether oxygens (including phenoxy) is 1. The van der Waals surface area contributed by atoms with Crippen LogP contribution >= 0.6 is 24.0 Å². The van der Waals surface area contributed by atoms with E-state index in [9.17, 15) is 13.2 Å². The van der Waals surface area contributed by atoms with Crippen LogP contribution in [0.1, 0.15) is 12.5 Å². The van der Waals surface area contributed by atoms with Gasteiger partial charge in [0, 0.05) is 7.05 Å². The minimum Gasteiger partial charge on any atom is -0.490 e. The maximum Gasteiger partial charge on any atom is 0.306 e. The van der Waals surface area contributed by atoms with E-state index in [-0.39, 0.29) is 11.7 Å². The molecule has 1 aromatic rings. The van der Waals surface area contributed by atoms with Gasteiger partial charge in [-0.25, -0.2) is 0 Å². The van der Waals surface area contributed by atoms with Crippen LogP contribution in [0.4, 0.5) is 0 Å². The van der Waals surface area contributed by atoms with Gasteiger partial charge in [0.15, 0.2) is 11.5 Å². The van der Waals surface area contributed by atoms with Crippen molar-refractivity contribution in [3.63, 3.8) is 0 Å². The lowest BCUT2D eigenvalue weighted by Gasteiger charge is -2.11. The van der Waals surface area contributed by atoms with Gasteiger partial charge in [0.2, 0.25) is 0 Å². The van der Waals surface area contributed by atoms with Gasteiger partial charge in [0.05, 0.1) is 17.8 Å². The molecule has 23 heavy (non-hydrogen) atoms. The number of thiocarbonyl (C=S) groups is 1. The average Bonchev–Trinajstić information content (AvgIpc) is 2.68. The average molecular weight is 373 g/mol. The molecular formula is C14H15NO5S3. The highest BCUT2D eigenvalue weighted by Gasteiger charge is 2.28. The van der Waals surface area contributed by atoms with Crippen molar-refractivity contribution in [3.05, 3.63) is 28.7 Å². The Balaban J connectivity index is 2.36. The maximum absolute atomic E-state index is 12.0. The summed E-state index contributed by atoms with van der Waals surface area (Å²) in [6, 6.07) is 4.75. The molecule has 1 saturated heterocycles. The predicted molar refractivity (Wildman–Crippen MR) is 94.0 cm³/mol. The highest BCUT2D eigenvalue weighted by molar-refractivity contribution is 8.26. The summed E-state index contributed by atoms with van der Waals surface area (Å²) in [5.41, 5.74) is 0.684. The summed E-state index contributed by atoms with van der Waals surface area (Å²) in [4.78, 5) is 13.9. The summed E-state index contributed by atoms with van der Waals surface area (Å²) < 4.78 is 33.3. The van der Waals surface area contributed by atoms with Crippen LogP contribution in [0.3, 0.4) is 0 Å². The van der Waals surface area contributed by atoms with Crippen molar-refractivity contribution in [2.45, 2.75) is 6.92 Å². The standard InChI is InChI=1S/C14H15NO5S3/c1-4-19-11-7-9(5-6-10(11)20-23(3,17)18)8-12-13(16)15(2)14(21)22-12/h5-8H,4H2,1-3H3/b12-8-. The van der Waals surface area contributed by atoms with Gasteiger partial charge in [0.25, 0.3) is 5.91 Å². The molecule has 1 heterocycles. The molecule has 9 heteroatoms. The van der Waals surface area contributed by atoms with Gasteiger partial charge in [-0.1, -0.05) is 30.0 Å². The fraction of sp³-hybridized carbons (Fsp3) is 0.286. The number of hydrogen-bond acceptors (Lipinski definition) is 7. The van der Waals surface area contributed by atoms with Crippen LogP contribution in [0.2, 0.25) is 0 Å². The second-order valence-corrected chi connectivity index (χ2v) is 7.92. The Hall–Kier alpha value is -1.58. The molecule has 0 aromatic heterocycles. The molecule has 0 N–H and O–H groups in total. The third-order valence-electron chi connectivity index (χ3n) is 2.79. The van der Waals surface area contributed by atoms with Crippen LogP contribution in [-0.2, 0) is 14.9 Å². The lowest BCUT2D eigenvalue weighted by Crippen LogP contribution is -2.22. The molecule has 124 valence electrons. The number of rotatable bonds is 5. The van der Waals surface area contributed by atoms with Gasteiger partial charge in [-0.3, -0.25) is 9.69 Å². The van der Waals surface area contributed by atoms with Gasteiger partial charge in [0.1, 0.15) is 4.32 Å². The molecule has 2 rings (SSSR count). The van der Waals surface area contributed by atoms with E-state index in [2.05, 4.69) is 0 Å². The molecule has 1 amide bonds. The Kier molecular flexibility index (Phi) is 5.33. The number of hydrogen-bond donors (Lipinski definition) is 0. The van der Waals surface area contributed by atoms with Gasteiger partial charge in [-0.15, -0.1) is 0 Å². The van der Waals surface area contributed by atoms with E-state index < -0.39 is 10.1 Å².